The molecule has 0 radical (unpaired) electrons. The van der Waals surface area contributed by atoms with Gasteiger partial charge >= 0.3 is 0 Å². The van der Waals surface area contributed by atoms with Crippen LogP contribution in [0.3, 0.4) is 0 Å². The van der Waals surface area contributed by atoms with Gasteiger partial charge in [-0.05, 0) is 66.4 Å². The molecule has 1 aliphatic rings. The fourth-order valence-corrected chi connectivity index (χ4v) is 3.82. The predicted octanol–water partition coefficient (Wildman–Crippen LogP) is 5.60. The van der Waals surface area contributed by atoms with Crippen molar-refractivity contribution >= 4 is 23.2 Å². The molecule has 1 N–H and O–H groups in total. The summed E-state index contributed by atoms with van der Waals surface area (Å²) in [6, 6.07) is 22.9. The lowest BCUT2D eigenvalue weighted by Crippen LogP contribution is -2.34. The van der Waals surface area contributed by atoms with E-state index < -0.39 is 0 Å². The smallest absolute Gasteiger partial charge is 0.255 e. The molecular weight excluding hydrogens is 400 g/mol. The molecule has 4 rings (SSSR count). The number of anilines is 2. The fraction of sp³-hybridized carbons (Fsp3) is 0.259. The Morgan fingerprint density at radius 1 is 1.00 bits per heavy atom. The van der Waals surface area contributed by atoms with Gasteiger partial charge in [0, 0.05) is 23.4 Å². The monoisotopic (exact) mass is 428 g/mol. The number of carbonyl (C=O) groups excluding carboxylic acids is 2. The van der Waals surface area contributed by atoms with Crippen LogP contribution in [0.15, 0.2) is 72.8 Å². The average Bonchev–Trinajstić information content (AvgIpc) is 2.82. The summed E-state index contributed by atoms with van der Waals surface area (Å²) in [7, 11) is 0. The van der Waals surface area contributed by atoms with Crippen LogP contribution in [0.1, 0.15) is 47.7 Å². The summed E-state index contributed by atoms with van der Waals surface area (Å²) in [5.41, 5.74) is 4.38. The summed E-state index contributed by atoms with van der Waals surface area (Å²) in [4.78, 5) is 27.1. The molecule has 0 fully saturated rings. The van der Waals surface area contributed by atoms with Crippen molar-refractivity contribution in [2.45, 2.75) is 39.2 Å². The van der Waals surface area contributed by atoms with Crippen LogP contribution in [0, 0.1) is 0 Å². The Kier molecular flexibility index (Phi) is 6.85. The largest absolute Gasteiger partial charge is 0.494 e. The zero-order chi connectivity index (χ0) is 22.3. The van der Waals surface area contributed by atoms with E-state index in [-0.39, 0.29) is 11.8 Å². The molecule has 0 spiro atoms. The highest BCUT2D eigenvalue weighted by Gasteiger charge is 2.24. The highest BCUT2D eigenvalue weighted by molar-refractivity contribution is 6.05. The Bertz CT molecular complexity index is 1080. The molecule has 32 heavy (non-hydrogen) atoms. The molecule has 1 heterocycles. The number of hydrogen-bond donors (Lipinski definition) is 1. The lowest BCUT2D eigenvalue weighted by atomic mass is 9.99. The number of carbonyl (C=O) groups is 2. The van der Waals surface area contributed by atoms with Crippen LogP contribution in [0.25, 0.3) is 0 Å². The number of ether oxygens (including phenoxy) is 1. The third kappa shape index (κ3) is 5.17. The molecule has 0 aliphatic carbocycles. The van der Waals surface area contributed by atoms with Gasteiger partial charge in [0.2, 0.25) is 5.91 Å². The van der Waals surface area contributed by atoms with Crippen LogP contribution < -0.4 is 15.0 Å². The van der Waals surface area contributed by atoms with Crippen molar-refractivity contribution in [1.82, 2.24) is 0 Å². The average molecular weight is 429 g/mol. The summed E-state index contributed by atoms with van der Waals surface area (Å²) in [6.07, 6.45) is 3.23. The van der Waals surface area contributed by atoms with Gasteiger partial charge in [0.05, 0.1) is 13.2 Å². The number of rotatable bonds is 8. The van der Waals surface area contributed by atoms with Crippen molar-refractivity contribution in [3.8, 4) is 5.75 Å². The van der Waals surface area contributed by atoms with Crippen LogP contribution in [-0.2, 0) is 17.8 Å². The zero-order valence-corrected chi connectivity index (χ0v) is 18.3. The molecule has 2 amide bonds. The lowest BCUT2D eigenvalue weighted by Gasteiger charge is -2.30. The molecular formula is C27H28N2O3. The highest BCUT2D eigenvalue weighted by atomic mass is 16.5. The van der Waals surface area contributed by atoms with E-state index in [1.54, 1.807) is 12.1 Å². The second kappa shape index (κ2) is 10.1. The van der Waals surface area contributed by atoms with Crippen molar-refractivity contribution in [1.29, 1.82) is 0 Å². The van der Waals surface area contributed by atoms with E-state index in [4.69, 9.17) is 4.74 Å². The van der Waals surface area contributed by atoms with Crippen molar-refractivity contribution in [3.05, 3.63) is 89.5 Å². The van der Waals surface area contributed by atoms with Crippen LogP contribution in [0.5, 0.6) is 5.75 Å². The molecule has 0 unspecified atom stereocenters. The number of unbranched alkanes of at least 4 members (excludes halogenated alkanes) is 1. The van der Waals surface area contributed by atoms with Gasteiger partial charge in [-0.2, -0.15) is 0 Å². The summed E-state index contributed by atoms with van der Waals surface area (Å²) >= 11 is 0. The second-order valence-electron chi connectivity index (χ2n) is 7.99. The number of nitrogens with zero attached hydrogens (tertiary/aromatic N) is 1. The molecule has 0 aromatic heterocycles. The van der Waals surface area contributed by atoms with Crippen molar-refractivity contribution in [3.63, 3.8) is 0 Å². The van der Waals surface area contributed by atoms with E-state index >= 15 is 0 Å². The summed E-state index contributed by atoms with van der Waals surface area (Å²) < 4.78 is 5.66. The van der Waals surface area contributed by atoms with E-state index in [0.717, 1.165) is 41.1 Å². The molecule has 5 nitrogen and oxygen atoms in total. The lowest BCUT2D eigenvalue weighted by molar-refractivity contribution is -0.119. The summed E-state index contributed by atoms with van der Waals surface area (Å²) in [5.74, 6) is 0.726. The maximum atomic E-state index is 12.7. The van der Waals surface area contributed by atoms with Crippen molar-refractivity contribution in [2.75, 3.05) is 16.8 Å². The first-order valence-corrected chi connectivity index (χ1v) is 11.2. The number of benzene rings is 3. The fourth-order valence-electron chi connectivity index (χ4n) is 3.82. The SMILES string of the molecule is CCCCOc1ccc(C(=O)Nc2ccc3c(c2)CCC(=O)N3Cc2ccccc2)cc1. The normalized spacial score (nSPS) is 12.9. The Morgan fingerprint density at radius 2 is 1.78 bits per heavy atom. The van der Waals surface area contributed by atoms with Gasteiger partial charge in [0.15, 0.2) is 0 Å². The number of nitrogens with one attached hydrogen (secondary N) is 1. The standard InChI is InChI=1S/C27H28N2O3/c1-2-3-17-32-24-13-9-21(10-14-24)27(31)28-23-12-15-25-22(18-23)11-16-26(30)29(25)19-20-7-5-4-6-8-20/h4-10,12-15,18H,2-3,11,16-17,19H2,1H3,(H,28,31). The minimum Gasteiger partial charge on any atom is -0.494 e. The van der Waals surface area contributed by atoms with Gasteiger partial charge in [0.25, 0.3) is 5.91 Å². The van der Waals surface area contributed by atoms with E-state index in [0.29, 0.717) is 31.6 Å². The van der Waals surface area contributed by atoms with Crippen molar-refractivity contribution in [2.24, 2.45) is 0 Å². The van der Waals surface area contributed by atoms with E-state index in [2.05, 4.69) is 12.2 Å². The molecule has 5 heteroatoms. The molecule has 3 aromatic rings. The number of aryl methyl sites for hydroxylation is 1. The van der Waals surface area contributed by atoms with Gasteiger partial charge in [-0.15, -0.1) is 0 Å². The summed E-state index contributed by atoms with van der Waals surface area (Å²) in [6.45, 7) is 3.35. The Labute approximate surface area is 189 Å². The molecule has 164 valence electrons. The summed E-state index contributed by atoms with van der Waals surface area (Å²) in [5, 5.41) is 2.97. The van der Waals surface area contributed by atoms with Gasteiger partial charge in [-0.1, -0.05) is 43.7 Å². The highest BCUT2D eigenvalue weighted by Crippen LogP contribution is 2.31. The second-order valence-corrected chi connectivity index (χ2v) is 7.99. The maximum Gasteiger partial charge on any atom is 0.255 e. The number of amides is 2. The minimum absolute atomic E-state index is 0.124. The van der Waals surface area contributed by atoms with E-state index in [1.165, 1.54) is 0 Å². The van der Waals surface area contributed by atoms with Crippen LogP contribution >= 0.6 is 0 Å². The number of hydrogen-bond acceptors (Lipinski definition) is 3. The van der Waals surface area contributed by atoms with Gasteiger partial charge in [0.1, 0.15) is 5.75 Å². The minimum atomic E-state index is -0.168. The van der Waals surface area contributed by atoms with E-state index in [1.807, 2.05) is 65.6 Å². The maximum absolute atomic E-state index is 12.7. The Hall–Kier alpha value is -3.60. The Balaban J connectivity index is 1.44. The third-order valence-electron chi connectivity index (χ3n) is 5.60. The molecule has 1 aliphatic heterocycles. The van der Waals surface area contributed by atoms with Crippen LogP contribution in [-0.4, -0.2) is 18.4 Å². The van der Waals surface area contributed by atoms with E-state index in [9.17, 15) is 9.59 Å². The van der Waals surface area contributed by atoms with Gasteiger partial charge in [-0.25, -0.2) is 0 Å². The molecule has 0 atom stereocenters. The first-order chi connectivity index (χ1) is 15.6. The first kappa shape index (κ1) is 21.6. The van der Waals surface area contributed by atoms with Gasteiger partial charge < -0.3 is 15.0 Å². The molecule has 0 bridgehead atoms. The first-order valence-electron chi connectivity index (χ1n) is 11.2. The molecule has 3 aromatic carbocycles. The number of fused-ring (bicyclic) bond motifs is 1. The molecule has 0 saturated heterocycles. The van der Waals surface area contributed by atoms with Crippen LogP contribution in [0.4, 0.5) is 11.4 Å². The van der Waals surface area contributed by atoms with Crippen molar-refractivity contribution < 1.29 is 14.3 Å². The molecule has 0 saturated carbocycles. The zero-order valence-electron chi connectivity index (χ0n) is 18.3. The quantitative estimate of drug-likeness (QED) is 0.475. The van der Waals surface area contributed by atoms with Crippen LogP contribution in [0.2, 0.25) is 0 Å². The topological polar surface area (TPSA) is 58.6 Å². The third-order valence-corrected chi connectivity index (χ3v) is 5.60. The predicted molar refractivity (Wildman–Crippen MR) is 127 cm³/mol. The Morgan fingerprint density at radius 3 is 2.53 bits per heavy atom. The van der Waals surface area contributed by atoms with Gasteiger partial charge in [-0.3, -0.25) is 9.59 Å².